The van der Waals surface area contributed by atoms with E-state index >= 15 is 0 Å². The van der Waals surface area contributed by atoms with Crippen LogP contribution in [0, 0.1) is 0 Å². The Morgan fingerprint density at radius 3 is 2.52 bits per heavy atom. The molecule has 1 aromatic carbocycles. The zero-order valence-corrected chi connectivity index (χ0v) is 11.5. The molecule has 112 valence electrons. The number of benzene rings is 1. The van der Waals surface area contributed by atoms with E-state index in [1.165, 1.54) is 13.1 Å². The van der Waals surface area contributed by atoms with Crippen LogP contribution in [0.1, 0.15) is 12.7 Å². The van der Waals surface area contributed by atoms with Gasteiger partial charge in [0.05, 0.1) is 12.3 Å². The van der Waals surface area contributed by atoms with Gasteiger partial charge in [0.15, 0.2) is 0 Å². The third kappa shape index (κ3) is 3.42. The second kappa shape index (κ2) is 5.99. The van der Waals surface area contributed by atoms with Crippen molar-refractivity contribution >= 4 is 5.82 Å². The number of aromatic nitrogens is 2. The van der Waals surface area contributed by atoms with E-state index in [9.17, 15) is 13.2 Å². The summed E-state index contributed by atoms with van der Waals surface area (Å²) in [5.41, 5.74) is 0.648. The Balaban J connectivity index is 2.58. The number of hydrogen-bond donors (Lipinski definition) is 1. The summed E-state index contributed by atoms with van der Waals surface area (Å²) < 4.78 is 44.0. The number of nitrogens with zero attached hydrogens (tertiary/aromatic N) is 2. The van der Waals surface area contributed by atoms with Gasteiger partial charge in [-0.05, 0) is 19.1 Å². The maximum Gasteiger partial charge on any atom is 0.451 e. The van der Waals surface area contributed by atoms with E-state index in [1.54, 1.807) is 31.2 Å². The van der Waals surface area contributed by atoms with Crippen molar-refractivity contribution in [3.05, 3.63) is 36.2 Å². The Morgan fingerprint density at radius 2 is 1.90 bits per heavy atom. The van der Waals surface area contributed by atoms with E-state index < -0.39 is 12.0 Å². The van der Waals surface area contributed by atoms with Gasteiger partial charge in [-0.1, -0.05) is 12.1 Å². The molecule has 1 heterocycles. The molecule has 0 aliphatic carbocycles. The van der Waals surface area contributed by atoms with Crippen molar-refractivity contribution in [2.45, 2.75) is 13.1 Å². The molecule has 0 saturated heterocycles. The Morgan fingerprint density at radius 1 is 1.19 bits per heavy atom. The minimum absolute atomic E-state index is 0.0960. The summed E-state index contributed by atoms with van der Waals surface area (Å²) in [4.78, 5) is 7.05. The van der Waals surface area contributed by atoms with Crippen LogP contribution in [0.3, 0.4) is 0 Å². The molecule has 0 unspecified atom stereocenters. The van der Waals surface area contributed by atoms with Gasteiger partial charge in [-0.2, -0.15) is 13.2 Å². The van der Waals surface area contributed by atoms with Gasteiger partial charge in [0.1, 0.15) is 11.6 Å². The average Bonchev–Trinajstić information content (AvgIpc) is 2.47. The first kappa shape index (κ1) is 15.1. The fourth-order valence-corrected chi connectivity index (χ4v) is 1.80. The molecule has 21 heavy (non-hydrogen) atoms. The molecule has 1 aromatic heterocycles. The van der Waals surface area contributed by atoms with Crippen molar-refractivity contribution < 1.29 is 17.9 Å². The molecule has 1 N–H and O–H groups in total. The Kier molecular flexibility index (Phi) is 4.30. The standard InChI is InChI=1S/C14H14F3N3O/c1-3-21-11-7-5-4-6-9(11)10-8-12(18-2)20-13(19-10)14(15,16)17/h4-8H,3H2,1-2H3,(H,18,19,20). The highest BCUT2D eigenvalue weighted by Gasteiger charge is 2.35. The van der Waals surface area contributed by atoms with Gasteiger partial charge in [-0.3, -0.25) is 0 Å². The first-order valence-corrected chi connectivity index (χ1v) is 6.32. The average molecular weight is 297 g/mol. The summed E-state index contributed by atoms with van der Waals surface area (Å²) in [5, 5.41) is 2.61. The molecular formula is C14H14F3N3O. The van der Waals surface area contributed by atoms with Crippen molar-refractivity contribution in [3.8, 4) is 17.0 Å². The molecule has 2 rings (SSSR count). The quantitative estimate of drug-likeness (QED) is 0.936. The molecule has 0 aliphatic heterocycles. The molecule has 2 aromatic rings. The number of alkyl halides is 3. The van der Waals surface area contributed by atoms with Crippen molar-refractivity contribution in [3.63, 3.8) is 0 Å². The summed E-state index contributed by atoms with van der Waals surface area (Å²) in [6.45, 7) is 2.21. The fraction of sp³-hybridized carbons (Fsp3) is 0.286. The monoisotopic (exact) mass is 297 g/mol. The zero-order chi connectivity index (χ0) is 15.5. The van der Waals surface area contributed by atoms with Crippen LogP contribution in [0.4, 0.5) is 19.0 Å². The van der Waals surface area contributed by atoms with Gasteiger partial charge in [0.2, 0.25) is 5.82 Å². The van der Waals surface area contributed by atoms with Crippen LogP contribution in [-0.2, 0) is 6.18 Å². The van der Waals surface area contributed by atoms with Gasteiger partial charge in [-0.15, -0.1) is 0 Å². The van der Waals surface area contributed by atoms with Gasteiger partial charge in [0, 0.05) is 18.7 Å². The molecule has 0 spiro atoms. The maximum absolute atomic E-state index is 12.9. The highest BCUT2D eigenvalue weighted by molar-refractivity contribution is 5.69. The third-order valence-electron chi connectivity index (χ3n) is 2.70. The van der Waals surface area contributed by atoms with Crippen LogP contribution in [0.2, 0.25) is 0 Å². The summed E-state index contributed by atoms with van der Waals surface area (Å²) in [7, 11) is 1.50. The third-order valence-corrected chi connectivity index (χ3v) is 2.70. The summed E-state index contributed by atoms with van der Waals surface area (Å²) in [6.07, 6.45) is -4.61. The zero-order valence-electron chi connectivity index (χ0n) is 11.5. The van der Waals surface area contributed by atoms with Crippen LogP contribution >= 0.6 is 0 Å². The number of halogens is 3. The molecule has 7 heteroatoms. The predicted molar refractivity (Wildman–Crippen MR) is 73.2 cm³/mol. The fourth-order valence-electron chi connectivity index (χ4n) is 1.80. The minimum Gasteiger partial charge on any atom is -0.493 e. The largest absolute Gasteiger partial charge is 0.493 e. The molecular weight excluding hydrogens is 283 g/mol. The molecule has 4 nitrogen and oxygen atoms in total. The number of ether oxygens (including phenoxy) is 1. The molecule has 0 radical (unpaired) electrons. The molecule has 0 fully saturated rings. The molecule has 0 amide bonds. The lowest BCUT2D eigenvalue weighted by Gasteiger charge is -2.13. The Labute approximate surface area is 120 Å². The van der Waals surface area contributed by atoms with Gasteiger partial charge < -0.3 is 10.1 Å². The number of nitrogens with one attached hydrogen (secondary N) is 1. The minimum atomic E-state index is -4.61. The van der Waals surface area contributed by atoms with Crippen molar-refractivity contribution in [1.82, 2.24) is 9.97 Å². The van der Waals surface area contributed by atoms with E-state index in [0.29, 0.717) is 17.9 Å². The molecule has 0 aliphatic rings. The maximum atomic E-state index is 12.9. The molecule has 0 atom stereocenters. The normalized spacial score (nSPS) is 11.3. The van der Waals surface area contributed by atoms with Crippen LogP contribution in [0.15, 0.2) is 30.3 Å². The molecule has 0 bridgehead atoms. The van der Waals surface area contributed by atoms with E-state index in [2.05, 4.69) is 15.3 Å². The van der Waals surface area contributed by atoms with E-state index in [0.717, 1.165) is 0 Å². The lowest BCUT2D eigenvalue weighted by Crippen LogP contribution is -2.13. The van der Waals surface area contributed by atoms with Crippen molar-refractivity contribution in [2.75, 3.05) is 19.0 Å². The number of rotatable bonds is 4. The number of anilines is 1. The van der Waals surface area contributed by atoms with Crippen LogP contribution in [0.25, 0.3) is 11.3 Å². The van der Waals surface area contributed by atoms with E-state index in [4.69, 9.17) is 4.74 Å². The highest BCUT2D eigenvalue weighted by Crippen LogP contribution is 2.33. The SMILES string of the molecule is CCOc1ccccc1-c1cc(NC)nc(C(F)(F)F)n1. The summed E-state index contributed by atoms with van der Waals surface area (Å²) >= 11 is 0. The van der Waals surface area contributed by atoms with Gasteiger partial charge in [-0.25, -0.2) is 9.97 Å². The van der Waals surface area contributed by atoms with Crippen LogP contribution in [-0.4, -0.2) is 23.6 Å². The van der Waals surface area contributed by atoms with Crippen LogP contribution in [0.5, 0.6) is 5.75 Å². The number of hydrogen-bond acceptors (Lipinski definition) is 4. The van der Waals surface area contributed by atoms with E-state index in [-0.39, 0.29) is 11.5 Å². The Hall–Kier alpha value is -2.31. The van der Waals surface area contributed by atoms with Crippen molar-refractivity contribution in [2.24, 2.45) is 0 Å². The van der Waals surface area contributed by atoms with Crippen LogP contribution < -0.4 is 10.1 Å². The highest BCUT2D eigenvalue weighted by atomic mass is 19.4. The van der Waals surface area contributed by atoms with Gasteiger partial charge in [0.25, 0.3) is 0 Å². The second-order valence-corrected chi connectivity index (χ2v) is 4.14. The smallest absolute Gasteiger partial charge is 0.451 e. The Bertz CT molecular complexity index is 629. The first-order chi connectivity index (χ1) is 9.95. The predicted octanol–water partition coefficient (Wildman–Crippen LogP) is 3.60. The van der Waals surface area contributed by atoms with Crippen molar-refractivity contribution in [1.29, 1.82) is 0 Å². The lowest BCUT2D eigenvalue weighted by atomic mass is 10.1. The summed E-state index contributed by atoms with van der Waals surface area (Å²) in [5.74, 6) is -0.608. The molecule has 0 saturated carbocycles. The van der Waals surface area contributed by atoms with Gasteiger partial charge >= 0.3 is 6.18 Å². The first-order valence-electron chi connectivity index (χ1n) is 6.32. The second-order valence-electron chi connectivity index (χ2n) is 4.14. The lowest BCUT2D eigenvalue weighted by molar-refractivity contribution is -0.144. The number of para-hydroxylation sites is 1. The van der Waals surface area contributed by atoms with E-state index in [1.807, 2.05) is 0 Å². The summed E-state index contributed by atoms with van der Waals surface area (Å²) in [6, 6.07) is 8.26. The topological polar surface area (TPSA) is 47.0 Å².